The second-order valence-corrected chi connectivity index (χ2v) is 20.5. The maximum Gasteiger partial charge on any atom is 0.306 e. The van der Waals surface area contributed by atoms with E-state index in [1.54, 1.807) is 0 Å². The fourth-order valence-electron chi connectivity index (χ4n) is 8.70. The first-order valence-electron chi connectivity index (χ1n) is 28.2. The fraction of sp³-hybridized carbons (Fsp3) is 0.947. The highest BCUT2D eigenvalue weighted by atomic mass is 16.6. The summed E-state index contributed by atoms with van der Waals surface area (Å²) in [7, 11) is 0. The molecule has 0 aromatic rings. The Labute approximate surface area is 393 Å². The minimum absolute atomic E-state index is 0.0628. The molecular formula is C57H110O6. The molecule has 63 heavy (non-hydrogen) atoms. The van der Waals surface area contributed by atoms with Crippen molar-refractivity contribution in [1.82, 2.24) is 0 Å². The molecule has 0 N–H and O–H groups in total. The summed E-state index contributed by atoms with van der Waals surface area (Å²) in [6.45, 7) is 11.4. The minimum atomic E-state index is -0.762. The van der Waals surface area contributed by atoms with Crippen molar-refractivity contribution in [1.29, 1.82) is 0 Å². The molecule has 0 saturated heterocycles. The Balaban J connectivity index is 4.30. The van der Waals surface area contributed by atoms with Gasteiger partial charge in [-0.1, -0.05) is 279 Å². The number of hydrogen-bond acceptors (Lipinski definition) is 6. The SMILES string of the molecule is CCCCCCCCCCCCCCCC(=O)OC[C@H](COC(=O)CCCCCCCCCCCCCCC(C)C)OC(=O)CCCCCCCCCCCCCCCCC(C)C. The summed E-state index contributed by atoms with van der Waals surface area (Å²) in [5.74, 6) is 0.837. The average Bonchev–Trinajstić information content (AvgIpc) is 3.25. The number of hydrogen-bond donors (Lipinski definition) is 0. The van der Waals surface area contributed by atoms with Crippen LogP contribution in [0, 0.1) is 11.8 Å². The van der Waals surface area contributed by atoms with Crippen LogP contribution >= 0.6 is 0 Å². The highest BCUT2D eigenvalue weighted by Gasteiger charge is 2.19. The lowest BCUT2D eigenvalue weighted by Gasteiger charge is -2.18. The molecule has 0 unspecified atom stereocenters. The second-order valence-electron chi connectivity index (χ2n) is 20.5. The third kappa shape index (κ3) is 51.3. The summed E-state index contributed by atoms with van der Waals surface area (Å²) in [4.78, 5) is 38.1. The third-order valence-corrected chi connectivity index (χ3v) is 13.0. The quantitative estimate of drug-likeness (QED) is 0.0344. The summed E-state index contributed by atoms with van der Waals surface area (Å²) in [6, 6.07) is 0. The molecule has 0 aliphatic heterocycles. The Morgan fingerprint density at radius 1 is 0.302 bits per heavy atom. The van der Waals surface area contributed by atoms with Crippen molar-refractivity contribution in [2.45, 2.75) is 323 Å². The molecule has 0 fully saturated rings. The highest BCUT2D eigenvalue weighted by Crippen LogP contribution is 2.18. The molecule has 374 valence electrons. The topological polar surface area (TPSA) is 78.9 Å². The third-order valence-electron chi connectivity index (χ3n) is 13.0. The standard InChI is InChI=1S/C57H110O6/c1-6-7-8-9-10-11-12-15-22-27-32-37-42-47-55(58)61-50-54(51-62-56(59)48-43-38-33-28-23-19-18-21-26-31-36-41-46-53(4)5)63-57(60)49-44-39-34-29-24-17-14-13-16-20-25-30-35-40-45-52(2)3/h52-54H,6-51H2,1-5H3/t54-/m1/s1. The molecule has 1 atom stereocenters. The zero-order valence-electron chi connectivity index (χ0n) is 43.2. The molecule has 0 saturated carbocycles. The monoisotopic (exact) mass is 891 g/mol. The number of carbonyl (C=O) groups excluding carboxylic acids is 3. The van der Waals surface area contributed by atoms with Crippen LogP contribution in [0.25, 0.3) is 0 Å². The van der Waals surface area contributed by atoms with Crippen molar-refractivity contribution < 1.29 is 28.6 Å². The smallest absolute Gasteiger partial charge is 0.306 e. The predicted octanol–water partition coefficient (Wildman–Crippen LogP) is 18.5. The van der Waals surface area contributed by atoms with Crippen molar-refractivity contribution in [3.63, 3.8) is 0 Å². The van der Waals surface area contributed by atoms with Gasteiger partial charge < -0.3 is 14.2 Å². The number of carbonyl (C=O) groups is 3. The largest absolute Gasteiger partial charge is 0.462 e. The van der Waals surface area contributed by atoms with Gasteiger partial charge in [0.1, 0.15) is 13.2 Å². The molecule has 6 nitrogen and oxygen atoms in total. The molecule has 0 aromatic heterocycles. The second kappa shape index (κ2) is 49.8. The van der Waals surface area contributed by atoms with E-state index in [4.69, 9.17) is 14.2 Å². The Kier molecular flexibility index (Phi) is 48.6. The first-order chi connectivity index (χ1) is 30.7. The van der Waals surface area contributed by atoms with Gasteiger partial charge in [0.25, 0.3) is 0 Å². The Morgan fingerprint density at radius 3 is 0.778 bits per heavy atom. The fourth-order valence-corrected chi connectivity index (χ4v) is 8.70. The number of unbranched alkanes of at least 4 members (excludes halogenated alkanes) is 36. The van der Waals surface area contributed by atoms with Gasteiger partial charge >= 0.3 is 17.9 Å². The Morgan fingerprint density at radius 2 is 0.524 bits per heavy atom. The molecule has 0 spiro atoms. The molecule has 0 aliphatic carbocycles. The Bertz CT molecular complexity index is 962. The summed E-state index contributed by atoms with van der Waals surface area (Å²) in [6.07, 6.45) is 52.3. The van der Waals surface area contributed by atoms with Crippen LogP contribution in [0.3, 0.4) is 0 Å². The lowest BCUT2D eigenvalue weighted by Crippen LogP contribution is -2.30. The number of rotatable bonds is 51. The van der Waals surface area contributed by atoms with Crippen molar-refractivity contribution in [2.24, 2.45) is 11.8 Å². The van der Waals surface area contributed by atoms with E-state index in [9.17, 15) is 14.4 Å². The average molecular weight is 892 g/mol. The normalized spacial score (nSPS) is 12.0. The van der Waals surface area contributed by atoms with E-state index >= 15 is 0 Å². The van der Waals surface area contributed by atoms with E-state index < -0.39 is 6.10 Å². The molecule has 6 heteroatoms. The highest BCUT2D eigenvalue weighted by molar-refractivity contribution is 5.71. The van der Waals surface area contributed by atoms with Gasteiger partial charge in [0.15, 0.2) is 6.10 Å². The van der Waals surface area contributed by atoms with Gasteiger partial charge in [0.05, 0.1) is 0 Å². The van der Waals surface area contributed by atoms with Crippen LogP contribution in [-0.4, -0.2) is 37.2 Å². The summed E-state index contributed by atoms with van der Waals surface area (Å²) < 4.78 is 16.9. The van der Waals surface area contributed by atoms with Gasteiger partial charge in [-0.3, -0.25) is 14.4 Å². The molecule has 0 heterocycles. The zero-order valence-corrected chi connectivity index (χ0v) is 43.2. The van der Waals surface area contributed by atoms with Gasteiger partial charge in [0.2, 0.25) is 0 Å². The van der Waals surface area contributed by atoms with Gasteiger partial charge in [-0.25, -0.2) is 0 Å². The predicted molar refractivity (Wildman–Crippen MR) is 270 cm³/mol. The van der Waals surface area contributed by atoms with E-state index in [0.717, 1.165) is 69.6 Å². The lowest BCUT2D eigenvalue weighted by atomic mass is 10.0. The van der Waals surface area contributed by atoms with E-state index in [-0.39, 0.29) is 31.1 Å². The maximum atomic E-state index is 12.8. The molecule has 0 rings (SSSR count). The molecular weight excluding hydrogens is 781 g/mol. The van der Waals surface area contributed by atoms with E-state index in [0.29, 0.717) is 19.3 Å². The van der Waals surface area contributed by atoms with E-state index in [1.165, 1.54) is 205 Å². The Hall–Kier alpha value is -1.59. The van der Waals surface area contributed by atoms with Gasteiger partial charge in [-0.2, -0.15) is 0 Å². The van der Waals surface area contributed by atoms with Crippen LogP contribution < -0.4 is 0 Å². The molecule has 0 bridgehead atoms. The summed E-state index contributed by atoms with van der Waals surface area (Å²) in [5, 5.41) is 0. The van der Waals surface area contributed by atoms with E-state index in [1.807, 2.05) is 0 Å². The van der Waals surface area contributed by atoms with Gasteiger partial charge in [-0.15, -0.1) is 0 Å². The number of ether oxygens (including phenoxy) is 3. The van der Waals surface area contributed by atoms with Gasteiger partial charge in [0, 0.05) is 19.3 Å². The van der Waals surface area contributed by atoms with E-state index in [2.05, 4.69) is 34.6 Å². The minimum Gasteiger partial charge on any atom is -0.462 e. The summed E-state index contributed by atoms with van der Waals surface area (Å²) in [5.41, 5.74) is 0. The van der Waals surface area contributed by atoms with Crippen LogP contribution in [0.2, 0.25) is 0 Å². The molecule has 0 aliphatic rings. The first-order valence-corrected chi connectivity index (χ1v) is 28.2. The van der Waals surface area contributed by atoms with Crippen LogP contribution in [0.4, 0.5) is 0 Å². The van der Waals surface area contributed by atoms with Crippen LogP contribution in [0.1, 0.15) is 317 Å². The zero-order chi connectivity index (χ0) is 46.1. The van der Waals surface area contributed by atoms with Crippen molar-refractivity contribution in [2.75, 3.05) is 13.2 Å². The van der Waals surface area contributed by atoms with Crippen molar-refractivity contribution >= 4 is 17.9 Å². The molecule has 0 radical (unpaired) electrons. The van der Waals surface area contributed by atoms with Crippen LogP contribution in [0.15, 0.2) is 0 Å². The maximum absolute atomic E-state index is 12.8. The lowest BCUT2D eigenvalue weighted by molar-refractivity contribution is -0.167. The van der Waals surface area contributed by atoms with Crippen LogP contribution in [-0.2, 0) is 28.6 Å². The van der Waals surface area contributed by atoms with Crippen LogP contribution in [0.5, 0.6) is 0 Å². The summed E-state index contributed by atoms with van der Waals surface area (Å²) >= 11 is 0. The van der Waals surface area contributed by atoms with Gasteiger partial charge in [-0.05, 0) is 31.1 Å². The van der Waals surface area contributed by atoms with Crippen molar-refractivity contribution in [3.05, 3.63) is 0 Å². The molecule has 0 amide bonds. The molecule has 0 aromatic carbocycles. The number of esters is 3. The van der Waals surface area contributed by atoms with Crippen molar-refractivity contribution in [3.8, 4) is 0 Å². The first kappa shape index (κ1) is 61.4.